The van der Waals surface area contributed by atoms with Gasteiger partial charge in [-0.1, -0.05) is 11.8 Å². The first kappa shape index (κ1) is 15.7. The molecule has 2 amide bonds. The van der Waals surface area contributed by atoms with Gasteiger partial charge in [0.15, 0.2) is 0 Å². The van der Waals surface area contributed by atoms with Gasteiger partial charge in [0.25, 0.3) is 5.91 Å². The van der Waals surface area contributed by atoms with E-state index in [4.69, 9.17) is 5.11 Å². The Bertz CT molecular complexity index is 570. The maximum absolute atomic E-state index is 12.0. The summed E-state index contributed by atoms with van der Waals surface area (Å²) in [6.45, 7) is 3.25. The van der Waals surface area contributed by atoms with Crippen LogP contribution in [0.15, 0.2) is 18.2 Å². The zero-order valence-corrected chi connectivity index (χ0v) is 11.8. The molecule has 0 saturated carbocycles. The maximum Gasteiger partial charge on any atom is 0.251 e. The lowest BCUT2D eigenvalue weighted by Gasteiger charge is -2.12. The predicted octanol–water partition coefficient (Wildman–Crippen LogP) is 0.203. The molecule has 20 heavy (non-hydrogen) atoms. The average molecular weight is 274 g/mol. The molecule has 0 bridgehead atoms. The summed E-state index contributed by atoms with van der Waals surface area (Å²) in [6, 6.07) is 4.46. The number of likely N-dealkylation sites (N-methyl/N-ethyl adjacent to an activating group) is 1. The van der Waals surface area contributed by atoms with Gasteiger partial charge in [-0.3, -0.25) is 9.59 Å². The number of nitrogens with one attached hydrogen (secondary N) is 2. The van der Waals surface area contributed by atoms with Crippen LogP contribution < -0.4 is 10.6 Å². The summed E-state index contributed by atoms with van der Waals surface area (Å²) in [6.07, 6.45) is 0. The van der Waals surface area contributed by atoms with Gasteiger partial charge in [0, 0.05) is 18.2 Å². The first-order valence-electron chi connectivity index (χ1n) is 6.22. The van der Waals surface area contributed by atoms with Gasteiger partial charge in [-0.2, -0.15) is 0 Å². The van der Waals surface area contributed by atoms with Crippen LogP contribution in [0.25, 0.3) is 0 Å². The quantitative estimate of drug-likeness (QED) is 0.689. The largest absolute Gasteiger partial charge is 0.384 e. The van der Waals surface area contributed by atoms with Crippen LogP contribution in [0, 0.1) is 18.8 Å². The molecule has 0 aliphatic carbocycles. The van der Waals surface area contributed by atoms with Gasteiger partial charge in [-0.25, -0.2) is 0 Å². The van der Waals surface area contributed by atoms with Crippen molar-refractivity contribution in [1.82, 2.24) is 10.6 Å². The van der Waals surface area contributed by atoms with Gasteiger partial charge < -0.3 is 15.7 Å². The van der Waals surface area contributed by atoms with Crippen LogP contribution in [-0.4, -0.2) is 36.6 Å². The first-order valence-corrected chi connectivity index (χ1v) is 6.22. The van der Waals surface area contributed by atoms with Crippen molar-refractivity contribution in [3.63, 3.8) is 0 Å². The Labute approximate surface area is 118 Å². The molecule has 0 fully saturated rings. The summed E-state index contributed by atoms with van der Waals surface area (Å²) in [5.41, 5.74) is 2.06. The number of benzene rings is 1. The molecule has 1 aromatic rings. The SMILES string of the molecule is CNC(=O)C(C)NC(=O)c1ccc(C#CCO)c(C)c1. The van der Waals surface area contributed by atoms with Gasteiger partial charge in [-0.05, 0) is 37.6 Å². The molecule has 0 radical (unpaired) electrons. The number of aryl methyl sites for hydroxylation is 1. The van der Waals surface area contributed by atoms with Gasteiger partial charge in [0.05, 0.1) is 0 Å². The highest BCUT2D eigenvalue weighted by atomic mass is 16.2. The number of hydrogen-bond acceptors (Lipinski definition) is 3. The van der Waals surface area contributed by atoms with E-state index < -0.39 is 6.04 Å². The standard InChI is InChI=1S/C15H18N2O3/c1-10-9-13(7-6-12(10)5-4-8-18)15(20)17-11(2)14(19)16-3/h6-7,9,11,18H,8H2,1-3H3,(H,16,19)(H,17,20). The number of aliphatic hydroxyl groups is 1. The highest BCUT2D eigenvalue weighted by molar-refractivity contribution is 5.97. The average Bonchev–Trinajstić information content (AvgIpc) is 2.44. The molecule has 0 aliphatic rings. The van der Waals surface area contributed by atoms with E-state index in [1.54, 1.807) is 25.1 Å². The molecule has 1 rings (SSSR count). The van der Waals surface area contributed by atoms with Crippen LogP contribution in [0.4, 0.5) is 0 Å². The smallest absolute Gasteiger partial charge is 0.251 e. The summed E-state index contributed by atoms with van der Waals surface area (Å²) in [5, 5.41) is 13.7. The van der Waals surface area contributed by atoms with E-state index in [0.29, 0.717) is 5.56 Å². The zero-order valence-electron chi connectivity index (χ0n) is 11.8. The van der Waals surface area contributed by atoms with Crippen LogP contribution in [-0.2, 0) is 4.79 Å². The van der Waals surface area contributed by atoms with E-state index in [2.05, 4.69) is 22.5 Å². The molecule has 1 unspecified atom stereocenters. The highest BCUT2D eigenvalue weighted by Crippen LogP contribution is 2.10. The molecule has 0 aromatic heterocycles. The van der Waals surface area contributed by atoms with Crippen molar-refractivity contribution in [2.75, 3.05) is 13.7 Å². The molecule has 1 aromatic carbocycles. The van der Waals surface area contributed by atoms with Gasteiger partial charge >= 0.3 is 0 Å². The second kappa shape index (κ2) is 7.31. The fourth-order valence-corrected chi connectivity index (χ4v) is 1.64. The van der Waals surface area contributed by atoms with E-state index in [1.165, 1.54) is 7.05 Å². The van der Waals surface area contributed by atoms with Gasteiger partial charge in [-0.15, -0.1) is 0 Å². The molecular weight excluding hydrogens is 256 g/mol. The lowest BCUT2D eigenvalue weighted by atomic mass is 10.0. The summed E-state index contributed by atoms with van der Waals surface area (Å²) >= 11 is 0. The number of carbonyl (C=O) groups excluding carboxylic acids is 2. The predicted molar refractivity (Wildman–Crippen MR) is 76.1 cm³/mol. The molecule has 1 atom stereocenters. The third kappa shape index (κ3) is 4.11. The van der Waals surface area contributed by atoms with E-state index in [-0.39, 0.29) is 18.4 Å². The minimum Gasteiger partial charge on any atom is -0.384 e. The number of aliphatic hydroxyl groups excluding tert-OH is 1. The van der Waals surface area contributed by atoms with E-state index >= 15 is 0 Å². The Morgan fingerprint density at radius 3 is 2.65 bits per heavy atom. The van der Waals surface area contributed by atoms with Crippen LogP contribution in [0.3, 0.4) is 0 Å². The molecule has 5 heteroatoms. The third-order valence-corrected chi connectivity index (χ3v) is 2.78. The number of carbonyl (C=O) groups is 2. The van der Waals surface area contributed by atoms with Crippen molar-refractivity contribution in [3.05, 3.63) is 34.9 Å². The summed E-state index contributed by atoms with van der Waals surface area (Å²) in [4.78, 5) is 23.3. The normalized spacial score (nSPS) is 11.0. The van der Waals surface area contributed by atoms with Crippen molar-refractivity contribution in [2.45, 2.75) is 19.9 Å². The van der Waals surface area contributed by atoms with Crippen LogP contribution in [0.1, 0.15) is 28.4 Å². The highest BCUT2D eigenvalue weighted by Gasteiger charge is 2.15. The molecule has 0 spiro atoms. The van der Waals surface area contributed by atoms with Crippen molar-refractivity contribution in [3.8, 4) is 11.8 Å². The van der Waals surface area contributed by atoms with Gasteiger partial charge in [0.1, 0.15) is 12.6 Å². The Morgan fingerprint density at radius 2 is 2.10 bits per heavy atom. The maximum atomic E-state index is 12.0. The van der Waals surface area contributed by atoms with Crippen molar-refractivity contribution in [1.29, 1.82) is 0 Å². The van der Waals surface area contributed by atoms with Crippen LogP contribution in [0.2, 0.25) is 0 Å². The number of amides is 2. The van der Waals surface area contributed by atoms with Crippen molar-refractivity contribution >= 4 is 11.8 Å². The molecule has 0 saturated heterocycles. The summed E-state index contributed by atoms with van der Waals surface area (Å²) < 4.78 is 0. The first-order chi connectivity index (χ1) is 9.49. The molecule has 3 N–H and O–H groups in total. The lowest BCUT2D eigenvalue weighted by molar-refractivity contribution is -0.122. The Morgan fingerprint density at radius 1 is 1.40 bits per heavy atom. The summed E-state index contributed by atoms with van der Waals surface area (Å²) in [7, 11) is 1.52. The third-order valence-electron chi connectivity index (χ3n) is 2.78. The number of rotatable bonds is 3. The molecule has 5 nitrogen and oxygen atoms in total. The van der Waals surface area contributed by atoms with Crippen molar-refractivity contribution < 1.29 is 14.7 Å². The topological polar surface area (TPSA) is 78.4 Å². The molecular formula is C15H18N2O3. The minimum absolute atomic E-state index is 0.203. The lowest BCUT2D eigenvalue weighted by Crippen LogP contribution is -2.43. The van der Waals surface area contributed by atoms with E-state index in [0.717, 1.165) is 11.1 Å². The fourth-order valence-electron chi connectivity index (χ4n) is 1.64. The fraction of sp³-hybridized carbons (Fsp3) is 0.333. The Balaban J connectivity index is 2.85. The Hall–Kier alpha value is -2.32. The van der Waals surface area contributed by atoms with E-state index in [9.17, 15) is 9.59 Å². The van der Waals surface area contributed by atoms with Crippen LogP contribution in [0.5, 0.6) is 0 Å². The molecule has 0 heterocycles. The summed E-state index contributed by atoms with van der Waals surface area (Å²) in [5.74, 6) is 4.80. The second-order valence-corrected chi connectivity index (χ2v) is 4.30. The van der Waals surface area contributed by atoms with Gasteiger partial charge in [0.2, 0.25) is 5.91 Å². The number of hydrogen-bond donors (Lipinski definition) is 3. The van der Waals surface area contributed by atoms with Crippen molar-refractivity contribution in [2.24, 2.45) is 0 Å². The second-order valence-electron chi connectivity index (χ2n) is 4.30. The molecule has 0 aliphatic heterocycles. The Kier molecular flexibility index (Phi) is 5.75. The minimum atomic E-state index is -0.596. The monoisotopic (exact) mass is 274 g/mol. The molecule has 106 valence electrons. The van der Waals surface area contributed by atoms with E-state index in [1.807, 2.05) is 6.92 Å². The van der Waals surface area contributed by atoms with Crippen LogP contribution >= 0.6 is 0 Å². The zero-order chi connectivity index (χ0) is 15.1.